The minimum absolute atomic E-state index is 0.0550. The number of esters is 5. The number of aliphatic hydroxyl groups is 1. The summed E-state index contributed by atoms with van der Waals surface area (Å²) < 4.78 is 64.4. The summed E-state index contributed by atoms with van der Waals surface area (Å²) in [4.78, 5) is 76.8. The molecule has 0 unspecified atom stereocenters. The fraction of sp³-hybridized carbons (Fsp3) is 0.561. The third kappa shape index (κ3) is 13.2. The van der Waals surface area contributed by atoms with Gasteiger partial charge >= 0.3 is 29.8 Å². The number of carbonyl (C=O) groups is 6. The Bertz CT molecular complexity index is 1750. The van der Waals surface area contributed by atoms with Gasteiger partial charge in [0, 0.05) is 41.7 Å². The maximum atomic E-state index is 14.3. The summed E-state index contributed by atoms with van der Waals surface area (Å²) in [6.07, 6.45) is -14.5. The minimum atomic E-state index is -2.69. The molecule has 1 amide bonds. The van der Waals surface area contributed by atoms with E-state index in [0.29, 0.717) is 5.56 Å². The number of aliphatic hydroxyl groups excluding tert-OH is 1. The molecule has 2 aliphatic rings. The number of rotatable bonds is 19. The number of hydrogen-bond acceptors (Lipinski definition) is 18. The maximum Gasteiger partial charge on any atom is 0.366 e. The number of benzene rings is 2. The van der Waals surface area contributed by atoms with E-state index in [1.54, 1.807) is 24.3 Å². The smallest absolute Gasteiger partial charge is 0.366 e. The van der Waals surface area contributed by atoms with Crippen LogP contribution in [0.5, 0.6) is 0 Å². The fourth-order valence-corrected chi connectivity index (χ4v) is 6.90. The molecule has 2 aliphatic heterocycles. The summed E-state index contributed by atoms with van der Waals surface area (Å²) >= 11 is 0. The molecule has 60 heavy (non-hydrogen) atoms. The van der Waals surface area contributed by atoms with Crippen LogP contribution < -0.4 is 5.32 Å². The van der Waals surface area contributed by atoms with Crippen molar-refractivity contribution in [2.75, 3.05) is 27.4 Å². The van der Waals surface area contributed by atoms with Gasteiger partial charge in [0.2, 0.25) is 5.91 Å². The highest BCUT2D eigenvalue weighted by Gasteiger charge is 2.62. The van der Waals surface area contributed by atoms with Crippen LogP contribution in [0.1, 0.15) is 52.2 Å². The van der Waals surface area contributed by atoms with Crippen LogP contribution in [0.15, 0.2) is 60.7 Å². The van der Waals surface area contributed by atoms with Crippen molar-refractivity contribution in [1.82, 2.24) is 5.32 Å². The first-order valence-electron chi connectivity index (χ1n) is 19.1. The highest BCUT2D eigenvalue weighted by atomic mass is 16.8. The van der Waals surface area contributed by atoms with Gasteiger partial charge in [-0.15, -0.1) is 0 Å². The van der Waals surface area contributed by atoms with Crippen molar-refractivity contribution in [3.05, 3.63) is 71.8 Å². The molecule has 2 N–H and O–H groups in total. The summed E-state index contributed by atoms with van der Waals surface area (Å²) in [6.45, 7) is 4.54. The molecule has 2 aromatic rings. The first-order valence-corrected chi connectivity index (χ1v) is 19.1. The molecule has 330 valence electrons. The van der Waals surface area contributed by atoms with Crippen molar-refractivity contribution in [3.8, 4) is 0 Å². The third-order valence-corrected chi connectivity index (χ3v) is 9.35. The second kappa shape index (κ2) is 22.5. The lowest BCUT2D eigenvalue weighted by Crippen LogP contribution is -2.71. The van der Waals surface area contributed by atoms with Crippen molar-refractivity contribution >= 4 is 35.8 Å². The van der Waals surface area contributed by atoms with E-state index in [0.717, 1.165) is 47.3 Å². The van der Waals surface area contributed by atoms with Gasteiger partial charge < -0.3 is 62.5 Å². The zero-order chi connectivity index (χ0) is 44.0. The largest absolute Gasteiger partial charge is 0.465 e. The van der Waals surface area contributed by atoms with E-state index < -0.39 is 116 Å². The summed E-state index contributed by atoms with van der Waals surface area (Å²) in [5.41, 5.74) is 1.55. The lowest BCUT2D eigenvalue weighted by molar-refractivity contribution is -0.373. The average Bonchev–Trinajstić information content (AvgIpc) is 3.20. The molecule has 11 atom stereocenters. The summed E-state index contributed by atoms with van der Waals surface area (Å²) in [5.74, 6) is -8.15. The standard InChI is InChI=1S/C41H53NO18/c1-23(43)42-33-30(55-25(3)45)18-41(40(49)51-7,59-36(33)35(57-27(5)47)32(56-26(4)46)22-53-24(2)44)60-37-34(48)31(21-52-19-28-14-10-8-11-15-28)58-39(50-6)38(37)54-20-29-16-12-9-13-17-29/h8-17,30-39,48H,18-22H2,1-7H3,(H,42,43)/t30-,31+,32+,33+,34-,35+,36-,37-,38+,39-,41-/m0/s1. The topological polar surface area (TPSA) is 236 Å². The van der Waals surface area contributed by atoms with Crippen LogP contribution in [0.2, 0.25) is 0 Å². The molecule has 2 heterocycles. The van der Waals surface area contributed by atoms with Crippen molar-refractivity contribution < 1.29 is 86.0 Å². The van der Waals surface area contributed by atoms with E-state index >= 15 is 0 Å². The van der Waals surface area contributed by atoms with Crippen LogP contribution in [0.4, 0.5) is 0 Å². The number of methoxy groups -OCH3 is 2. The van der Waals surface area contributed by atoms with Gasteiger partial charge in [-0.3, -0.25) is 24.0 Å². The summed E-state index contributed by atoms with van der Waals surface area (Å²) in [6, 6.07) is 16.7. The Morgan fingerprint density at radius 1 is 0.817 bits per heavy atom. The summed E-state index contributed by atoms with van der Waals surface area (Å²) in [5, 5.41) is 14.7. The molecule has 19 nitrogen and oxygen atoms in total. The number of nitrogens with one attached hydrogen (secondary N) is 1. The lowest BCUT2D eigenvalue weighted by Gasteiger charge is -2.51. The zero-order valence-corrected chi connectivity index (χ0v) is 34.5. The molecule has 2 fully saturated rings. The number of hydrogen-bond donors (Lipinski definition) is 2. The quantitative estimate of drug-likeness (QED) is 0.150. The van der Waals surface area contributed by atoms with E-state index in [1.807, 2.05) is 36.4 Å². The SMILES string of the molecule is COC(=O)[C@@]1(O[C@H]2[C@@H](O)[C@@H](COCc3ccccc3)O[C@H](OC)[C@@H]2OCc2ccccc2)C[C@H](OC(C)=O)[C@@H](NC(C)=O)[C@@H]([C@H](OC(C)=O)[C@@H](COC(C)=O)OC(C)=O)O1. The van der Waals surface area contributed by atoms with Gasteiger partial charge in [-0.1, -0.05) is 60.7 Å². The molecule has 2 saturated heterocycles. The average molecular weight is 848 g/mol. The van der Waals surface area contributed by atoms with E-state index in [2.05, 4.69) is 5.32 Å². The summed E-state index contributed by atoms with van der Waals surface area (Å²) in [7, 11) is 2.35. The Balaban J connectivity index is 1.86. The molecule has 0 spiro atoms. The molecule has 0 saturated carbocycles. The van der Waals surface area contributed by atoms with Gasteiger partial charge in [0.25, 0.3) is 5.79 Å². The molecule has 0 aromatic heterocycles. The third-order valence-electron chi connectivity index (χ3n) is 9.35. The second-order valence-corrected chi connectivity index (χ2v) is 14.0. The van der Waals surface area contributed by atoms with Gasteiger partial charge in [-0.05, 0) is 11.1 Å². The number of amides is 1. The Hall–Kier alpha value is -5.02. The Morgan fingerprint density at radius 3 is 1.97 bits per heavy atom. The van der Waals surface area contributed by atoms with Crippen LogP contribution in [-0.4, -0.2) is 135 Å². The van der Waals surface area contributed by atoms with Gasteiger partial charge in [0.1, 0.15) is 43.2 Å². The van der Waals surface area contributed by atoms with Crippen LogP contribution in [0, 0.1) is 0 Å². The highest BCUT2D eigenvalue weighted by molar-refractivity contribution is 5.79. The van der Waals surface area contributed by atoms with Gasteiger partial charge in [0.15, 0.2) is 18.5 Å². The first-order chi connectivity index (χ1) is 28.6. The normalized spacial score (nSPS) is 27.3. The monoisotopic (exact) mass is 847 g/mol. The molecule has 0 bridgehead atoms. The molecule has 19 heteroatoms. The second-order valence-electron chi connectivity index (χ2n) is 14.0. The molecular weight excluding hydrogens is 794 g/mol. The van der Waals surface area contributed by atoms with Crippen molar-refractivity contribution in [3.63, 3.8) is 0 Å². The van der Waals surface area contributed by atoms with E-state index in [1.165, 1.54) is 7.11 Å². The highest BCUT2D eigenvalue weighted by Crippen LogP contribution is 2.40. The van der Waals surface area contributed by atoms with Crippen LogP contribution in [-0.2, 0) is 94.1 Å². The predicted molar refractivity (Wildman–Crippen MR) is 203 cm³/mol. The number of ether oxygens (including phenoxy) is 11. The van der Waals surface area contributed by atoms with Gasteiger partial charge in [-0.25, -0.2) is 4.79 Å². The van der Waals surface area contributed by atoms with Crippen LogP contribution in [0.25, 0.3) is 0 Å². The maximum absolute atomic E-state index is 14.3. The van der Waals surface area contributed by atoms with E-state index in [4.69, 9.17) is 52.1 Å². The predicted octanol–water partition coefficient (Wildman–Crippen LogP) is 1.43. The molecule has 2 aromatic carbocycles. The number of carbonyl (C=O) groups excluding carboxylic acids is 6. The molecule has 4 rings (SSSR count). The van der Waals surface area contributed by atoms with Crippen molar-refractivity contribution in [2.45, 2.75) is 121 Å². The first kappa shape index (κ1) is 47.7. The molecular formula is C41H53NO18. The fourth-order valence-electron chi connectivity index (χ4n) is 6.90. The Kier molecular flexibility index (Phi) is 17.9. The minimum Gasteiger partial charge on any atom is -0.465 e. The lowest BCUT2D eigenvalue weighted by atomic mass is 9.87. The molecule has 0 radical (unpaired) electrons. The van der Waals surface area contributed by atoms with Crippen LogP contribution in [0.3, 0.4) is 0 Å². The van der Waals surface area contributed by atoms with E-state index in [9.17, 15) is 33.9 Å². The molecule has 0 aliphatic carbocycles. The van der Waals surface area contributed by atoms with Gasteiger partial charge in [0.05, 0.1) is 39.4 Å². The Labute approximate surface area is 347 Å². The Morgan fingerprint density at radius 2 is 1.43 bits per heavy atom. The van der Waals surface area contributed by atoms with Crippen molar-refractivity contribution in [1.29, 1.82) is 0 Å². The van der Waals surface area contributed by atoms with Crippen LogP contribution >= 0.6 is 0 Å². The van der Waals surface area contributed by atoms with Gasteiger partial charge in [-0.2, -0.15) is 0 Å². The van der Waals surface area contributed by atoms with Crippen molar-refractivity contribution in [2.24, 2.45) is 0 Å². The van der Waals surface area contributed by atoms with E-state index in [-0.39, 0.29) is 19.8 Å². The zero-order valence-electron chi connectivity index (χ0n) is 34.5.